The second-order valence-electron chi connectivity index (χ2n) is 5.42. The van der Waals surface area contributed by atoms with Crippen LogP contribution in [0.4, 0.5) is 0 Å². The molecule has 4 heteroatoms. The molecule has 1 atom stereocenters. The summed E-state index contributed by atoms with van der Waals surface area (Å²) < 4.78 is 5.65. The Morgan fingerprint density at radius 2 is 2.20 bits per heavy atom. The van der Waals surface area contributed by atoms with Crippen LogP contribution in [0, 0.1) is 6.92 Å². The molecule has 1 fully saturated rings. The monoisotopic (exact) mass is 277 g/mol. The van der Waals surface area contributed by atoms with Crippen molar-refractivity contribution in [2.24, 2.45) is 0 Å². The van der Waals surface area contributed by atoms with Crippen LogP contribution in [0.3, 0.4) is 0 Å². The normalized spacial score (nSPS) is 15.8. The lowest BCUT2D eigenvalue weighted by Gasteiger charge is -2.21. The minimum Gasteiger partial charge on any atom is -0.483 e. The van der Waals surface area contributed by atoms with Gasteiger partial charge in [-0.15, -0.1) is 0 Å². The van der Waals surface area contributed by atoms with Crippen LogP contribution < -0.4 is 4.74 Å². The molecule has 0 heterocycles. The second kappa shape index (κ2) is 6.27. The van der Waals surface area contributed by atoms with E-state index in [-0.39, 0.29) is 12.5 Å². The highest BCUT2D eigenvalue weighted by molar-refractivity contribution is 5.78. The lowest BCUT2D eigenvalue weighted by atomic mass is 10.1. The lowest BCUT2D eigenvalue weighted by molar-refractivity contribution is -0.133. The highest BCUT2D eigenvalue weighted by Gasteiger charge is 2.31. The summed E-state index contributed by atoms with van der Waals surface area (Å²) in [7, 11) is 0. The molecular formula is C16H23NO3. The molecule has 2 rings (SSSR count). The fraction of sp³-hybridized carbons (Fsp3) is 0.562. The molecule has 1 saturated carbocycles. The first-order valence-electron chi connectivity index (χ1n) is 7.23. The number of hydrogen-bond donors (Lipinski definition) is 1. The number of aliphatic hydroxyl groups is 1. The zero-order chi connectivity index (χ0) is 14.7. The van der Waals surface area contributed by atoms with E-state index in [0.717, 1.165) is 30.5 Å². The van der Waals surface area contributed by atoms with Gasteiger partial charge in [-0.05, 0) is 45.2 Å². The van der Waals surface area contributed by atoms with Crippen molar-refractivity contribution in [1.82, 2.24) is 4.90 Å². The van der Waals surface area contributed by atoms with Gasteiger partial charge in [-0.2, -0.15) is 0 Å². The minimum atomic E-state index is -0.605. The van der Waals surface area contributed by atoms with Gasteiger partial charge in [-0.3, -0.25) is 4.79 Å². The number of carbonyl (C=O) groups is 1. The van der Waals surface area contributed by atoms with Crippen LogP contribution in [0.2, 0.25) is 0 Å². The summed E-state index contributed by atoms with van der Waals surface area (Å²) in [5.41, 5.74) is 1.77. The van der Waals surface area contributed by atoms with Crippen molar-refractivity contribution in [3.63, 3.8) is 0 Å². The molecule has 1 amide bonds. The molecule has 0 bridgehead atoms. The van der Waals surface area contributed by atoms with Gasteiger partial charge < -0.3 is 14.7 Å². The molecule has 1 N–H and O–H groups in total. The summed E-state index contributed by atoms with van der Waals surface area (Å²) in [6.45, 7) is 6.41. The molecule has 0 aromatic heterocycles. The number of hydrogen-bond acceptors (Lipinski definition) is 3. The molecule has 0 spiro atoms. The molecule has 0 aliphatic heterocycles. The maximum absolute atomic E-state index is 12.1. The molecule has 4 nitrogen and oxygen atoms in total. The van der Waals surface area contributed by atoms with Crippen molar-refractivity contribution in [2.45, 2.75) is 45.8 Å². The van der Waals surface area contributed by atoms with E-state index in [1.807, 2.05) is 36.9 Å². The van der Waals surface area contributed by atoms with Crippen molar-refractivity contribution < 1.29 is 14.6 Å². The molecular weight excluding hydrogens is 254 g/mol. The van der Waals surface area contributed by atoms with Crippen molar-refractivity contribution in [3.05, 3.63) is 29.3 Å². The van der Waals surface area contributed by atoms with Gasteiger partial charge in [0, 0.05) is 18.2 Å². The van der Waals surface area contributed by atoms with Crippen LogP contribution in [0.5, 0.6) is 5.75 Å². The summed E-state index contributed by atoms with van der Waals surface area (Å²) in [6.07, 6.45) is 1.60. The van der Waals surface area contributed by atoms with E-state index >= 15 is 0 Å². The average molecular weight is 277 g/mol. The van der Waals surface area contributed by atoms with Crippen molar-refractivity contribution >= 4 is 5.91 Å². The molecule has 110 valence electrons. The third-order valence-corrected chi connectivity index (χ3v) is 3.62. The number of nitrogens with zero attached hydrogens (tertiary/aromatic N) is 1. The Balaban J connectivity index is 2.02. The van der Waals surface area contributed by atoms with Gasteiger partial charge in [0.15, 0.2) is 6.61 Å². The molecule has 1 aliphatic rings. The number of rotatable bonds is 6. The maximum Gasteiger partial charge on any atom is 0.260 e. The standard InChI is InChI=1S/C16H23NO3/c1-4-17(13-6-7-13)16(19)10-20-15-9-11(2)5-8-14(15)12(3)18/h5,8-9,12-13,18H,4,6-7,10H2,1-3H3/t12-/m0/s1. The molecule has 20 heavy (non-hydrogen) atoms. The van der Waals surface area contributed by atoms with E-state index in [0.29, 0.717) is 11.8 Å². The van der Waals surface area contributed by atoms with E-state index in [9.17, 15) is 9.90 Å². The third-order valence-electron chi connectivity index (χ3n) is 3.62. The number of aliphatic hydroxyl groups excluding tert-OH is 1. The first-order chi connectivity index (χ1) is 9.52. The van der Waals surface area contributed by atoms with Crippen LogP contribution >= 0.6 is 0 Å². The van der Waals surface area contributed by atoms with Gasteiger partial charge in [0.2, 0.25) is 0 Å². The summed E-state index contributed by atoms with van der Waals surface area (Å²) in [5, 5.41) is 9.74. The Hall–Kier alpha value is -1.55. The van der Waals surface area contributed by atoms with Gasteiger partial charge in [-0.1, -0.05) is 12.1 Å². The molecule has 1 aliphatic carbocycles. The molecule has 0 radical (unpaired) electrons. The van der Waals surface area contributed by atoms with E-state index in [1.54, 1.807) is 6.92 Å². The van der Waals surface area contributed by atoms with E-state index < -0.39 is 6.10 Å². The maximum atomic E-state index is 12.1. The fourth-order valence-corrected chi connectivity index (χ4v) is 2.36. The minimum absolute atomic E-state index is 0.0213. The summed E-state index contributed by atoms with van der Waals surface area (Å²) >= 11 is 0. The average Bonchev–Trinajstić information content (AvgIpc) is 3.21. The predicted molar refractivity (Wildman–Crippen MR) is 77.7 cm³/mol. The van der Waals surface area contributed by atoms with E-state index in [2.05, 4.69) is 0 Å². The predicted octanol–water partition coefficient (Wildman–Crippen LogP) is 2.44. The first-order valence-corrected chi connectivity index (χ1v) is 7.23. The molecule has 1 aromatic carbocycles. The number of amides is 1. The zero-order valence-electron chi connectivity index (χ0n) is 12.4. The van der Waals surface area contributed by atoms with Crippen LogP contribution in [-0.2, 0) is 4.79 Å². The number of ether oxygens (including phenoxy) is 1. The number of carbonyl (C=O) groups excluding carboxylic acids is 1. The Kier molecular flexibility index (Phi) is 4.65. The van der Waals surface area contributed by atoms with Gasteiger partial charge in [0.25, 0.3) is 5.91 Å². The van der Waals surface area contributed by atoms with Crippen LogP contribution in [0.1, 0.15) is 43.9 Å². The van der Waals surface area contributed by atoms with Crippen LogP contribution in [-0.4, -0.2) is 35.1 Å². The fourth-order valence-electron chi connectivity index (χ4n) is 2.36. The molecule has 1 aromatic rings. The van der Waals surface area contributed by atoms with Crippen molar-refractivity contribution in [3.8, 4) is 5.75 Å². The Bertz CT molecular complexity index is 481. The quantitative estimate of drug-likeness (QED) is 0.869. The van der Waals surface area contributed by atoms with Gasteiger partial charge in [0.1, 0.15) is 5.75 Å². The van der Waals surface area contributed by atoms with E-state index in [4.69, 9.17) is 4.74 Å². The van der Waals surface area contributed by atoms with Crippen LogP contribution in [0.25, 0.3) is 0 Å². The highest BCUT2D eigenvalue weighted by Crippen LogP contribution is 2.28. The Labute approximate surface area is 120 Å². The third kappa shape index (κ3) is 3.51. The van der Waals surface area contributed by atoms with Gasteiger partial charge in [-0.25, -0.2) is 0 Å². The number of aryl methyl sites for hydroxylation is 1. The summed E-state index contributed by atoms with van der Waals surface area (Å²) in [4.78, 5) is 14.0. The number of likely N-dealkylation sites (N-methyl/N-ethyl adjacent to an activating group) is 1. The smallest absolute Gasteiger partial charge is 0.260 e. The Morgan fingerprint density at radius 1 is 1.50 bits per heavy atom. The Morgan fingerprint density at radius 3 is 2.75 bits per heavy atom. The lowest BCUT2D eigenvalue weighted by Crippen LogP contribution is -2.36. The van der Waals surface area contributed by atoms with Crippen molar-refractivity contribution in [2.75, 3.05) is 13.2 Å². The van der Waals surface area contributed by atoms with Gasteiger partial charge in [0.05, 0.1) is 6.10 Å². The molecule has 0 saturated heterocycles. The topological polar surface area (TPSA) is 49.8 Å². The zero-order valence-corrected chi connectivity index (χ0v) is 12.4. The van der Waals surface area contributed by atoms with Gasteiger partial charge >= 0.3 is 0 Å². The van der Waals surface area contributed by atoms with Crippen molar-refractivity contribution in [1.29, 1.82) is 0 Å². The molecule has 0 unspecified atom stereocenters. The van der Waals surface area contributed by atoms with E-state index in [1.165, 1.54) is 0 Å². The number of benzene rings is 1. The van der Waals surface area contributed by atoms with Crippen LogP contribution in [0.15, 0.2) is 18.2 Å². The highest BCUT2D eigenvalue weighted by atomic mass is 16.5. The first kappa shape index (κ1) is 14.9. The summed E-state index contributed by atoms with van der Waals surface area (Å²) in [6, 6.07) is 6.05. The SMILES string of the molecule is CCN(C(=O)COc1cc(C)ccc1[C@H](C)O)C1CC1. The summed E-state index contributed by atoms with van der Waals surface area (Å²) in [5.74, 6) is 0.619. The largest absolute Gasteiger partial charge is 0.483 e. The second-order valence-corrected chi connectivity index (χ2v) is 5.42.